The topological polar surface area (TPSA) is 56.5 Å². The normalized spacial score (nSPS) is 24.6. The molecule has 0 radical (unpaired) electrons. The Labute approximate surface area is 98.8 Å². The molecule has 0 amide bonds. The van der Waals surface area contributed by atoms with Crippen LogP contribution in [0.2, 0.25) is 0 Å². The lowest BCUT2D eigenvalue weighted by atomic mass is 10.0. The third-order valence-electron chi connectivity index (χ3n) is 3.36. The Morgan fingerprint density at radius 1 is 1.56 bits per heavy atom. The van der Waals surface area contributed by atoms with Crippen LogP contribution in [0, 0.1) is 0 Å². The molecule has 0 spiro atoms. The zero-order valence-corrected chi connectivity index (χ0v) is 10.6. The van der Waals surface area contributed by atoms with Crippen molar-refractivity contribution < 1.29 is 9.47 Å². The zero-order chi connectivity index (χ0) is 11.8. The molecule has 3 atom stereocenters. The van der Waals surface area contributed by atoms with Gasteiger partial charge >= 0.3 is 0 Å². The summed E-state index contributed by atoms with van der Waals surface area (Å²) in [5, 5.41) is 0. The SMILES string of the molecule is COC(C)CC(CCCC1CCCO1)NN. The van der Waals surface area contributed by atoms with Gasteiger partial charge in [-0.15, -0.1) is 0 Å². The number of hydrogen-bond acceptors (Lipinski definition) is 4. The fourth-order valence-corrected chi connectivity index (χ4v) is 2.23. The number of rotatable bonds is 8. The van der Waals surface area contributed by atoms with Crippen molar-refractivity contribution in [2.24, 2.45) is 5.84 Å². The maximum Gasteiger partial charge on any atom is 0.0576 e. The Kier molecular flexibility index (Phi) is 6.96. The zero-order valence-electron chi connectivity index (χ0n) is 10.6. The van der Waals surface area contributed by atoms with E-state index in [9.17, 15) is 0 Å². The van der Waals surface area contributed by atoms with Crippen LogP contribution in [0.15, 0.2) is 0 Å². The predicted molar refractivity (Wildman–Crippen MR) is 65.0 cm³/mol. The fourth-order valence-electron chi connectivity index (χ4n) is 2.23. The minimum atomic E-state index is 0.267. The van der Waals surface area contributed by atoms with Crippen molar-refractivity contribution in [3.8, 4) is 0 Å². The molecule has 1 aliphatic rings. The fraction of sp³-hybridized carbons (Fsp3) is 1.00. The van der Waals surface area contributed by atoms with Crippen molar-refractivity contribution >= 4 is 0 Å². The molecule has 0 aliphatic carbocycles. The average Bonchev–Trinajstić information content (AvgIpc) is 2.80. The molecule has 0 aromatic carbocycles. The van der Waals surface area contributed by atoms with Gasteiger partial charge in [0.25, 0.3) is 0 Å². The Morgan fingerprint density at radius 3 is 2.94 bits per heavy atom. The van der Waals surface area contributed by atoms with Gasteiger partial charge in [-0.2, -0.15) is 0 Å². The summed E-state index contributed by atoms with van der Waals surface area (Å²) >= 11 is 0. The van der Waals surface area contributed by atoms with Gasteiger partial charge in [-0.1, -0.05) is 0 Å². The Hall–Kier alpha value is -0.160. The average molecular weight is 230 g/mol. The molecule has 3 unspecified atom stereocenters. The molecule has 96 valence electrons. The van der Waals surface area contributed by atoms with Crippen molar-refractivity contribution in [1.29, 1.82) is 0 Å². The third kappa shape index (κ3) is 5.25. The van der Waals surface area contributed by atoms with Crippen molar-refractivity contribution in [3.05, 3.63) is 0 Å². The maximum atomic E-state index is 5.59. The second-order valence-corrected chi connectivity index (χ2v) is 4.71. The second kappa shape index (κ2) is 8.01. The lowest BCUT2D eigenvalue weighted by Crippen LogP contribution is -2.37. The number of methoxy groups -OCH3 is 1. The van der Waals surface area contributed by atoms with E-state index in [4.69, 9.17) is 15.3 Å². The van der Waals surface area contributed by atoms with Crippen molar-refractivity contribution in [3.63, 3.8) is 0 Å². The summed E-state index contributed by atoms with van der Waals surface area (Å²) in [5.74, 6) is 5.53. The molecule has 16 heavy (non-hydrogen) atoms. The summed E-state index contributed by atoms with van der Waals surface area (Å²) in [6, 6.07) is 0.358. The van der Waals surface area contributed by atoms with Crippen LogP contribution in [0.4, 0.5) is 0 Å². The van der Waals surface area contributed by atoms with Gasteiger partial charge < -0.3 is 9.47 Å². The highest BCUT2D eigenvalue weighted by atomic mass is 16.5. The first-order valence-corrected chi connectivity index (χ1v) is 6.36. The van der Waals surface area contributed by atoms with Crippen LogP contribution in [0.5, 0.6) is 0 Å². The molecule has 1 heterocycles. The van der Waals surface area contributed by atoms with E-state index in [1.54, 1.807) is 7.11 Å². The molecule has 0 bridgehead atoms. The van der Waals surface area contributed by atoms with E-state index in [0.717, 1.165) is 19.4 Å². The van der Waals surface area contributed by atoms with E-state index in [1.165, 1.54) is 25.7 Å². The number of hydrogen-bond donors (Lipinski definition) is 2. The molecule has 1 saturated heterocycles. The van der Waals surface area contributed by atoms with Gasteiger partial charge in [0.2, 0.25) is 0 Å². The van der Waals surface area contributed by atoms with Crippen molar-refractivity contribution in [2.75, 3.05) is 13.7 Å². The monoisotopic (exact) mass is 230 g/mol. The van der Waals surface area contributed by atoms with E-state index in [2.05, 4.69) is 12.3 Å². The molecule has 1 aliphatic heterocycles. The summed E-state index contributed by atoms with van der Waals surface area (Å²) in [6.45, 7) is 3.02. The van der Waals surface area contributed by atoms with E-state index in [-0.39, 0.29) is 6.10 Å². The van der Waals surface area contributed by atoms with Gasteiger partial charge in [-0.3, -0.25) is 11.3 Å². The molecule has 4 heteroatoms. The molecule has 3 N–H and O–H groups in total. The third-order valence-corrected chi connectivity index (χ3v) is 3.36. The van der Waals surface area contributed by atoms with Crippen LogP contribution < -0.4 is 11.3 Å². The van der Waals surface area contributed by atoms with Gasteiger partial charge in [-0.05, 0) is 45.4 Å². The summed E-state index contributed by atoms with van der Waals surface area (Å²) in [5.41, 5.74) is 2.87. The molecule has 0 saturated carbocycles. The maximum absolute atomic E-state index is 5.59. The standard InChI is InChI=1S/C12H26N2O2/c1-10(15-2)9-11(14-13)5-3-6-12-7-4-8-16-12/h10-12,14H,3-9,13H2,1-2H3. The van der Waals surface area contributed by atoms with Crippen LogP contribution >= 0.6 is 0 Å². The minimum absolute atomic E-state index is 0.267. The first kappa shape index (κ1) is 13.9. The van der Waals surface area contributed by atoms with Gasteiger partial charge in [0.15, 0.2) is 0 Å². The molecule has 0 aromatic heterocycles. The van der Waals surface area contributed by atoms with Crippen molar-refractivity contribution in [1.82, 2.24) is 5.43 Å². The van der Waals surface area contributed by atoms with E-state index in [0.29, 0.717) is 12.1 Å². The van der Waals surface area contributed by atoms with Crippen LogP contribution in [-0.2, 0) is 9.47 Å². The molecule has 4 nitrogen and oxygen atoms in total. The quantitative estimate of drug-likeness (QED) is 0.491. The molecule has 1 fully saturated rings. The van der Waals surface area contributed by atoms with Crippen LogP contribution in [0.3, 0.4) is 0 Å². The smallest absolute Gasteiger partial charge is 0.0576 e. The highest BCUT2D eigenvalue weighted by Gasteiger charge is 2.16. The minimum Gasteiger partial charge on any atom is -0.382 e. The first-order valence-electron chi connectivity index (χ1n) is 6.36. The largest absolute Gasteiger partial charge is 0.382 e. The molecular formula is C12H26N2O2. The van der Waals surface area contributed by atoms with E-state index < -0.39 is 0 Å². The summed E-state index contributed by atoms with van der Waals surface area (Å²) in [6.07, 6.45) is 7.64. The van der Waals surface area contributed by atoms with Gasteiger partial charge in [-0.25, -0.2) is 0 Å². The number of nitrogens with one attached hydrogen (secondary N) is 1. The predicted octanol–water partition coefficient (Wildman–Crippen LogP) is 1.59. The second-order valence-electron chi connectivity index (χ2n) is 4.71. The summed E-state index contributed by atoms with van der Waals surface area (Å²) in [4.78, 5) is 0. The Bertz CT molecular complexity index is 172. The highest BCUT2D eigenvalue weighted by molar-refractivity contribution is 4.70. The Balaban J connectivity index is 2.08. The van der Waals surface area contributed by atoms with Crippen LogP contribution in [0.1, 0.15) is 45.4 Å². The Morgan fingerprint density at radius 2 is 2.38 bits per heavy atom. The number of ether oxygens (including phenoxy) is 2. The summed E-state index contributed by atoms with van der Waals surface area (Å²) in [7, 11) is 1.74. The van der Waals surface area contributed by atoms with Crippen LogP contribution in [0.25, 0.3) is 0 Å². The number of nitrogens with two attached hydrogens (primary N) is 1. The van der Waals surface area contributed by atoms with Crippen LogP contribution in [-0.4, -0.2) is 32.0 Å². The first-order chi connectivity index (χ1) is 7.76. The van der Waals surface area contributed by atoms with E-state index >= 15 is 0 Å². The van der Waals surface area contributed by atoms with Gasteiger partial charge in [0.1, 0.15) is 0 Å². The lowest BCUT2D eigenvalue weighted by Gasteiger charge is -2.20. The molecule has 0 aromatic rings. The van der Waals surface area contributed by atoms with Gasteiger partial charge in [0.05, 0.1) is 12.2 Å². The number of hydrazine groups is 1. The molecule has 1 rings (SSSR count). The summed E-state index contributed by atoms with van der Waals surface area (Å²) < 4.78 is 10.8. The molecular weight excluding hydrogens is 204 g/mol. The van der Waals surface area contributed by atoms with Gasteiger partial charge in [0, 0.05) is 19.8 Å². The highest BCUT2D eigenvalue weighted by Crippen LogP contribution is 2.18. The van der Waals surface area contributed by atoms with Crippen molar-refractivity contribution in [2.45, 2.75) is 63.7 Å². The lowest BCUT2D eigenvalue weighted by molar-refractivity contribution is 0.0919. The van der Waals surface area contributed by atoms with E-state index in [1.807, 2.05) is 0 Å².